The molecule has 16 nitrogen and oxygen atoms in total. The average Bonchev–Trinajstić information content (AvgIpc) is 3.86. The number of nitrogens with one attached hydrogen (secondary N) is 2. The molecule has 6 amide bonds. The number of hydrogen-bond donors (Lipinski definition) is 2. The predicted molar refractivity (Wildman–Crippen MR) is 247 cm³/mol. The minimum atomic E-state index is -1.01. The number of imide groups is 2. The van der Waals surface area contributed by atoms with Gasteiger partial charge in [0.15, 0.2) is 0 Å². The molecule has 5 aromatic rings. The van der Waals surface area contributed by atoms with Crippen LogP contribution >= 0.6 is 0 Å². The summed E-state index contributed by atoms with van der Waals surface area (Å²) < 4.78 is 7.88. The molecule has 4 fully saturated rings. The lowest BCUT2D eigenvalue weighted by Gasteiger charge is -2.46. The number of pyridine rings is 2. The molecule has 1 saturated carbocycles. The van der Waals surface area contributed by atoms with E-state index in [0.29, 0.717) is 37.6 Å². The minimum Gasteiger partial charge on any atom is -0.382 e. The molecule has 11 rings (SSSR count). The molecular formula is C51H53N9O7. The maximum atomic E-state index is 13.8. The number of benzene rings is 2. The highest BCUT2D eigenvalue weighted by Crippen LogP contribution is 2.46. The number of hydrogen-bond acceptors (Lipinski definition) is 11. The van der Waals surface area contributed by atoms with Crippen molar-refractivity contribution in [2.24, 2.45) is 5.41 Å². The minimum absolute atomic E-state index is 0.0638. The molecule has 67 heavy (non-hydrogen) atoms. The van der Waals surface area contributed by atoms with Crippen molar-refractivity contribution in [3.05, 3.63) is 95.1 Å². The van der Waals surface area contributed by atoms with Gasteiger partial charge in [-0.15, -0.1) is 0 Å². The molecule has 0 radical (unpaired) electrons. The molecule has 0 bridgehead atoms. The molecule has 6 aliphatic rings. The Bertz CT molecular complexity index is 2850. The quantitative estimate of drug-likeness (QED) is 0.180. The monoisotopic (exact) mass is 903 g/mol. The van der Waals surface area contributed by atoms with Gasteiger partial charge in [-0.2, -0.15) is 5.10 Å². The second kappa shape index (κ2) is 17.1. The molecule has 5 aliphatic heterocycles. The Kier molecular flexibility index (Phi) is 10.9. The van der Waals surface area contributed by atoms with Gasteiger partial charge in [0.2, 0.25) is 17.7 Å². The van der Waals surface area contributed by atoms with E-state index in [9.17, 15) is 28.8 Å². The van der Waals surface area contributed by atoms with Crippen molar-refractivity contribution in [3.63, 3.8) is 0 Å². The molecule has 1 unspecified atom stereocenters. The van der Waals surface area contributed by atoms with Crippen LogP contribution in [0.4, 0.5) is 5.69 Å². The number of aromatic nitrogens is 4. The Hall–Kier alpha value is -6.81. The first-order valence-corrected chi connectivity index (χ1v) is 23.7. The van der Waals surface area contributed by atoms with Gasteiger partial charge >= 0.3 is 0 Å². The van der Waals surface area contributed by atoms with Crippen LogP contribution in [0.5, 0.6) is 0 Å². The fourth-order valence-corrected chi connectivity index (χ4v) is 11.4. The van der Waals surface area contributed by atoms with Crippen molar-refractivity contribution < 1.29 is 33.5 Å². The van der Waals surface area contributed by atoms with Crippen molar-refractivity contribution in [3.8, 4) is 22.5 Å². The standard InChI is InChI=1S/C51H53N9O7/c1-30(61)58-21-14-42-38(29-58)46(56-60(42)34-15-24-67-25-16-34)35-5-2-4-31-26-41(53-28-37(31)35)32-8-9-40(52-27-32)49(65)57-22-19-51(20-23-57)17-12-33(13-18-51)54-39-7-3-6-36-45(39)50(66)59(48(36)64)43-10-11-44(62)55-47(43)63/h2-9,26-28,33-34,43,54H,10-25,29H2,1H3,(H,55,62,63). The van der Waals surface area contributed by atoms with Crippen LogP contribution in [0.1, 0.15) is 120 Å². The van der Waals surface area contributed by atoms with Crippen LogP contribution in [0.3, 0.4) is 0 Å². The lowest BCUT2D eigenvalue weighted by molar-refractivity contribution is -0.136. The molecule has 3 aromatic heterocycles. The third-order valence-electron chi connectivity index (χ3n) is 15.4. The number of piperidine rings is 2. The fraction of sp³-hybridized carbons (Fsp3) is 0.431. The van der Waals surface area contributed by atoms with Crippen LogP contribution in [-0.4, -0.2) is 115 Å². The van der Waals surface area contributed by atoms with E-state index < -0.39 is 29.7 Å². The Morgan fingerprint density at radius 2 is 1.58 bits per heavy atom. The summed E-state index contributed by atoms with van der Waals surface area (Å²) in [6.45, 7) is 5.58. The molecule has 1 aliphatic carbocycles. The van der Waals surface area contributed by atoms with E-state index >= 15 is 0 Å². The summed E-state index contributed by atoms with van der Waals surface area (Å²) in [5, 5.41) is 13.1. The molecule has 3 saturated heterocycles. The van der Waals surface area contributed by atoms with Crippen molar-refractivity contribution in [2.75, 3.05) is 38.2 Å². The smallest absolute Gasteiger partial charge is 0.272 e. The summed E-state index contributed by atoms with van der Waals surface area (Å²) in [5.41, 5.74) is 7.43. The number of carbonyl (C=O) groups is 6. The third kappa shape index (κ3) is 7.74. The Morgan fingerprint density at radius 3 is 2.33 bits per heavy atom. The van der Waals surface area contributed by atoms with Crippen LogP contribution in [-0.2, 0) is 32.1 Å². The molecule has 1 spiro atoms. The highest BCUT2D eigenvalue weighted by atomic mass is 16.5. The van der Waals surface area contributed by atoms with Gasteiger partial charge in [-0.1, -0.05) is 24.3 Å². The Labute approximate surface area is 387 Å². The van der Waals surface area contributed by atoms with Gasteiger partial charge in [0.1, 0.15) is 11.7 Å². The zero-order valence-corrected chi connectivity index (χ0v) is 37.6. The van der Waals surface area contributed by atoms with E-state index in [-0.39, 0.29) is 53.3 Å². The molecule has 344 valence electrons. The molecular weight excluding hydrogens is 851 g/mol. The van der Waals surface area contributed by atoms with Gasteiger partial charge in [0.05, 0.1) is 28.6 Å². The van der Waals surface area contributed by atoms with Gasteiger partial charge < -0.3 is 19.9 Å². The molecule has 1 atom stereocenters. The average molecular weight is 904 g/mol. The fourth-order valence-electron chi connectivity index (χ4n) is 11.4. The molecule has 8 heterocycles. The van der Waals surface area contributed by atoms with Crippen LogP contribution in [0, 0.1) is 5.41 Å². The van der Waals surface area contributed by atoms with E-state index in [1.54, 1.807) is 31.3 Å². The van der Waals surface area contributed by atoms with Crippen molar-refractivity contribution >= 4 is 51.9 Å². The third-order valence-corrected chi connectivity index (χ3v) is 15.4. The van der Waals surface area contributed by atoms with Gasteiger partial charge in [0, 0.05) is 111 Å². The number of fused-ring (bicyclic) bond motifs is 3. The van der Waals surface area contributed by atoms with Crippen LogP contribution in [0.15, 0.2) is 67.0 Å². The zero-order valence-electron chi connectivity index (χ0n) is 37.6. The Balaban J connectivity index is 0.726. The van der Waals surface area contributed by atoms with E-state index in [0.717, 1.165) is 115 Å². The number of rotatable bonds is 7. The van der Waals surface area contributed by atoms with E-state index in [2.05, 4.69) is 38.5 Å². The number of carbonyl (C=O) groups excluding carboxylic acids is 6. The highest BCUT2D eigenvalue weighted by Gasteiger charge is 2.46. The van der Waals surface area contributed by atoms with E-state index in [1.165, 1.54) is 5.69 Å². The first-order chi connectivity index (χ1) is 32.5. The summed E-state index contributed by atoms with van der Waals surface area (Å²) in [5.74, 6) is -2.08. The van der Waals surface area contributed by atoms with Crippen molar-refractivity contribution in [2.45, 2.75) is 102 Å². The zero-order chi connectivity index (χ0) is 46.0. The number of nitrogens with zero attached hydrogens (tertiary/aromatic N) is 7. The SMILES string of the molecule is CC(=O)N1CCc2c(c(-c3cccc4cc(-c5ccc(C(=O)N6CCC7(CCC(Nc8cccc9c8C(=O)N(C8CCC(=O)NC8=O)C9=O)CC7)CC6)nc5)ncc34)nn2C2CCOCC2)C1. The van der Waals surface area contributed by atoms with E-state index in [4.69, 9.17) is 14.8 Å². The maximum Gasteiger partial charge on any atom is 0.272 e. The van der Waals surface area contributed by atoms with Gasteiger partial charge in [-0.3, -0.25) is 53.6 Å². The first kappa shape index (κ1) is 42.8. The van der Waals surface area contributed by atoms with Gasteiger partial charge in [-0.05, 0) is 98.9 Å². The lowest BCUT2D eigenvalue weighted by atomic mass is 9.67. The lowest BCUT2D eigenvalue weighted by Crippen LogP contribution is -2.54. The first-order valence-electron chi connectivity index (χ1n) is 23.7. The topological polar surface area (TPSA) is 189 Å². The van der Waals surface area contributed by atoms with Crippen LogP contribution in [0.2, 0.25) is 0 Å². The van der Waals surface area contributed by atoms with Gasteiger partial charge in [0.25, 0.3) is 17.7 Å². The summed E-state index contributed by atoms with van der Waals surface area (Å²) in [6, 6.07) is 16.5. The maximum absolute atomic E-state index is 13.8. The summed E-state index contributed by atoms with van der Waals surface area (Å²) in [6.07, 6.45) is 11.9. The number of amides is 6. The predicted octanol–water partition coefficient (Wildman–Crippen LogP) is 6.09. The molecule has 2 aromatic carbocycles. The van der Waals surface area contributed by atoms with E-state index in [1.807, 2.05) is 34.2 Å². The number of ether oxygens (including phenoxy) is 1. The number of anilines is 1. The summed E-state index contributed by atoms with van der Waals surface area (Å²) in [7, 11) is 0. The number of likely N-dealkylation sites (tertiary alicyclic amines) is 1. The second-order valence-corrected chi connectivity index (χ2v) is 19.2. The second-order valence-electron chi connectivity index (χ2n) is 19.2. The van der Waals surface area contributed by atoms with Crippen molar-refractivity contribution in [1.82, 2.24) is 39.8 Å². The normalized spacial score (nSPS) is 21.1. The van der Waals surface area contributed by atoms with Gasteiger partial charge in [-0.25, -0.2) is 0 Å². The largest absolute Gasteiger partial charge is 0.382 e. The summed E-state index contributed by atoms with van der Waals surface area (Å²) in [4.78, 5) is 92.0. The van der Waals surface area contributed by atoms with Crippen LogP contribution < -0.4 is 10.6 Å². The van der Waals surface area contributed by atoms with Crippen molar-refractivity contribution in [1.29, 1.82) is 0 Å². The molecule has 2 N–H and O–H groups in total. The van der Waals surface area contributed by atoms with Crippen LogP contribution in [0.25, 0.3) is 33.3 Å². The molecule has 16 heteroatoms. The highest BCUT2D eigenvalue weighted by molar-refractivity contribution is 6.25. The summed E-state index contributed by atoms with van der Waals surface area (Å²) >= 11 is 0. The Morgan fingerprint density at radius 1 is 0.806 bits per heavy atom.